The SMILES string of the molecule is CC(C)NC(CO)CCN1CCCC(C(C)(C)C)CC1. The smallest absolute Gasteiger partial charge is 0.0585 e. The van der Waals surface area contributed by atoms with Gasteiger partial charge in [-0.2, -0.15) is 0 Å². The van der Waals surface area contributed by atoms with Gasteiger partial charge in [0.1, 0.15) is 0 Å². The zero-order valence-electron chi connectivity index (χ0n) is 14.3. The van der Waals surface area contributed by atoms with Crippen molar-refractivity contribution in [2.24, 2.45) is 11.3 Å². The fourth-order valence-corrected chi connectivity index (χ4v) is 3.28. The summed E-state index contributed by atoms with van der Waals surface area (Å²) in [4.78, 5) is 2.59. The van der Waals surface area contributed by atoms with Gasteiger partial charge < -0.3 is 15.3 Å². The molecule has 1 saturated heterocycles. The molecule has 2 atom stereocenters. The van der Waals surface area contributed by atoms with Gasteiger partial charge in [-0.25, -0.2) is 0 Å². The van der Waals surface area contributed by atoms with Crippen LogP contribution < -0.4 is 5.32 Å². The van der Waals surface area contributed by atoms with Gasteiger partial charge in [0, 0.05) is 12.1 Å². The van der Waals surface area contributed by atoms with Gasteiger partial charge in [-0.1, -0.05) is 34.6 Å². The molecular formula is C17H36N2O. The van der Waals surface area contributed by atoms with Crippen LogP contribution in [0.4, 0.5) is 0 Å². The van der Waals surface area contributed by atoms with Crippen molar-refractivity contribution >= 4 is 0 Å². The van der Waals surface area contributed by atoms with Crippen LogP contribution in [0.2, 0.25) is 0 Å². The Kier molecular flexibility index (Phi) is 7.49. The largest absolute Gasteiger partial charge is 0.395 e. The molecule has 0 bridgehead atoms. The Bertz CT molecular complexity index is 260. The summed E-state index contributed by atoms with van der Waals surface area (Å²) in [5.74, 6) is 0.856. The molecular weight excluding hydrogens is 248 g/mol. The van der Waals surface area contributed by atoms with Crippen LogP contribution in [0.1, 0.15) is 60.3 Å². The van der Waals surface area contributed by atoms with Gasteiger partial charge in [-0.05, 0) is 56.7 Å². The minimum Gasteiger partial charge on any atom is -0.395 e. The van der Waals surface area contributed by atoms with Crippen LogP contribution in [-0.4, -0.2) is 48.3 Å². The highest BCUT2D eigenvalue weighted by Gasteiger charge is 2.27. The number of likely N-dealkylation sites (tertiary alicyclic amines) is 1. The maximum atomic E-state index is 9.43. The summed E-state index contributed by atoms with van der Waals surface area (Å²) < 4.78 is 0. The van der Waals surface area contributed by atoms with Gasteiger partial charge in [0.25, 0.3) is 0 Å². The molecule has 2 N–H and O–H groups in total. The minimum absolute atomic E-state index is 0.247. The van der Waals surface area contributed by atoms with Crippen LogP contribution in [0.25, 0.3) is 0 Å². The number of hydrogen-bond acceptors (Lipinski definition) is 3. The van der Waals surface area contributed by atoms with E-state index in [4.69, 9.17) is 0 Å². The second-order valence-corrected chi connectivity index (χ2v) is 7.83. The lowest BCUT2D eigenvalue weighted by molar-refractivity contribution is 0.191. The minimum atomic E-state index is 0.247. The second kappa shape index (κ2) is 8.35. The van der Waals surface area contributed by atoms with Crippen molar-refractivity contribution in [3.05, 3.63) is 0 Å². The van der Waals surface area contributed by atoms with Crippen molar-refractivity contribution in [3.63, 3.8) is 0 Å². The van der Waals surface area contributed by atoms with Crippen molar-refractivity contribution < 1.29 is 5.11 Å². The average Bonchev–Trinajstić information content (AvgIpc) is 2.58. The predicted octanol–water partition coefficient (Wildman–Crippen LogP) is 2.88. The summed E-state index contributed by atoms with van der Waals surface area (Å²) in [5, 5.41) is 12.9. The van der Waals surface area contributed by atoms with Crippen molar-refractivity contribution in [2.75, 3.05) is 26.2 Å². The molecule has 20 heavy (non-hydrogen) atoms. The van der Waals surface area contributed by atoms with E-state index in [0.717, 1.165) is 18.9 Å². The lowest BCUT2D eigenvalue weighted by Crippen LogP contribution is -2.40. The standard InChI is InChI=1S/C17H36N2O/c1-14(2)18-16(13-20)9-12-19-10-6-7-15(8-11-19)17(3,4)5/h14-16,18,20H,6-13H2,1-5H3. The molecule has 1 heterocycles. The summed E-state index contributed by atoms with van der Waals surface area (Å²) in [6, 6.07) is 0.693. The molecule has 0 radical (unpaired) electrons. The van der Waals surface area contributed by atoms with Crippen LogP contribution in [0.5, 0.6) is 0 Å². The van der Waals surface area contributed by atoms with Gasteiger partial charge in [0.15, 0.2) is 0 Å². The van der Waals surface area contributed by atoms with Crippen LogP contribution in [0.3, 0.4) is 0 Å². The number of nitrogens with one attached hydrogen (secondary N) is 1. The van der Waals surface area contributed by atoms with Gasteiger partial charge >= 0.3 is 0 Å². The highest BCUT2D eigenvalue weighted by atomic mass is 16.3. The van der Waals surface area contributed by atoms with E-state index in [-0.39, 0.29) is 12.6 Å². The van der Waals surface area contributed by atoms with Gasteiger partial charge in [-0.15, -0.1) is 0 Å². The maximum Gasteiger partial charge on any atom is 0.0585 e. The van der Waals surface area contributed by atoms with Crippen molar-refractivity contribution in [3.8, 4) is 0 Å². The number of hydrogen-bond donors (Lipinski definition) is 2. The molecule has 0 aromatic heterocycles. The number of aliphatic hydroxyl groups is 1. The Hall–Kier alpha value is -0.120. The second-order valence-electron chi connectivity index (χ2n) is 7.83. The van der Waals surface area contributed by atoms with E-state index in [0.29, 0.717) is 11.5 Å². The first-order valence-corrected chi connectivity index (χ1v) is 8.42. The first-order valence-electron chi connectivity index (χ1n) is 8.42. The molecule has 1 aliphatic heterocycles. The summed E-state index contributed by atoms with van der Waals surface area (Å²) in [6.45, 7) is 15.2. The molecule has 0 aromatic rings. The summed E-state index contributed by atoms with van der Waals surface area (Å²) in [6.07, 6.45) is 5.07. The zero-order valence-corrected chi connectivity index (χ0v) is 14.3. The Labute approximate surface area is 126 Å². The van der Waals surface area contributed by atoms with Crippen molar-refractivity contribution in [1.29, 1.82) is 0 Å². The normalized spacial score (nSPS) is 23.9. The highest BCUT2D eigenvalue weighted by molar-refractivity contribution is 4.79. The van der Waals surface area contributed by atoms with E-state index in [2.05, 4.69) is 44.8 Å². The molecule has 0 amide bonds. The van der Waals surface area contributed by atoms with Crippen molar-refractivity contribution in [2.45, 2.75) is 72.4 Å². The highest BCUT2D eigenvalue weighted by Crippen LogP contribution is 2.34. The fourth-order valence-electron chi connectivity index (χ4n) is 3.28. The van der Waals surface area contributed by atoms with Gasteiger partial charge in [0.2, 0.25) is 0 Å². The van der Waals surface area contributed by atoms with E-state index in [1.807, 2.05) is 0 Å². The van der Waals surface area contributed by atoms with Crippen LogP contribution in [-0.2, 0) is 0 Å². The molecule has 3 nitrogen and oxygen atoms in total. The number of aliphatic hydroxyl groups excluding tert-OH is 1. The third kappa shape index (κ3) is 6.55. The Morgan fingerprint density at radius 1 is 1.20 bits per heavy atom. The summed E-state index contributed by atoms with van der Waals surface area (Å²) in [7, 11) is 0. The molecule has 120 valence electrons. The zero-order chi connectivity index (χ0) is 15.2. The van der Waals surface area contributed by atoms with Crippen LogP contribution in [0.15, 0.2) is 0 Å². The molecule has 1 fully saturated rings. The number of nitrogens with zero attached hydrogens (tertiary/aromatic N) is 1. The van der Waals surface area contributed by atoms with Gasteiger partial charge in [0.05, 0.1) is 6.61 Å². The topological polar surface area (TPSA) is 35.5 Å². The first kappa shape index (κ1) is 17.9. The Balaban J connectivity index is 2.34. The van der Waals surface area contributed by atoms with Gasteiger partial charge in [-0.3, -0.25) is 0 Å². The van der Waals surface area contributed by atoms with Crippen LogP contribution in [0, 0.1) is 11.3 Å². The fraction of sp³-hybridized carbons (Fsp3) is 1.00. The molecule has 1 aliphatic rings. The molecule has 0 aromatic carbocycles. The third-order valence-corrected chi connectivity index (χ3v) is 4.63. The molecule has 3 heteroatoms. The van der Waals surface area contributed by atoms with E-state index in [9.17, 15) is 5.11 Å². The third-order valence-electron chi connectivity index (χ3n) is 4.63. The maximum absolute atomic E-state index is 9.43. The van der Waals surface area contributed by atoms with E-state index in [1.165, 1.54) is 32.4 Å². The van der Waals surface area contributed by atoms with Crippen LogP contribution >= 0.6 is 0 Å². The Morgan fingerprint density at radius 2 is 1.90 bits per heavy atom. The molecule has 1 rings (SSSR count). The Morgan fingerprint density at radius 3 is 2.45 bits per heavy atom. The number of rotatable bonds is 6. The molecule has 0 spiro atoms. The molecule has 0 saturated carbocycles. The lowest BCUT2D eigenvalue weighted by Gasteiger charge is -2.30. The summed E-state index contributed by atoms with van der Waals surface area (Å²) >= 11 is 0. The predicted molar refractivity (Wildman–Crippen MR) is 87.0 cm³/mol. The first-order chi connectivity index (χ1) is 9.32. The van der Waals surface area contributed by atoms with E-state index in [1.54, 1.807) is 0 Å². The van der Waals surface area contributed by atoms with Crippen molar-refractivity contribution in [1.82, 2.24) is 10.2 Å². The van der Waals surface area contributed by atoms with E-state index < -0.39 is 0 Å². The molecule has 2 unspecified atom stereocenters. The lowest BCUT2D eigenvalue weighted by atomic mass is 9.77. The summed E-state index contributed by atoms with van der Waals surface area (Å²) in [5.41, 5.74) is 0.447. The monoisotopic (exact) mass is 284 g/mol. The molecule has 0 aliphatic carbocycles. The van der Waals surface area contributed by atoms with E-state index >= 15 is 0 Å². The quantitative estimate of drug-likeness (QED) is 0.787. The average molecular weight is 284 g/mol.